The molecule has 27 heavy (non-hydrogen) atoms. The van der Waals surface area contributed by atoms with Crippen molar-refractivity contribution in [2.45, 2.75) is 13.8 Å². The number of imidazole rings is 1. The second kappa shape index (κ2) is 9.12. The van der Waals surface area contributed by atoms with Gasteiger partial charge in [-0.2, -0.15) is 0 Å². The molecule has 0 bridgehead atoms. The Balaban J connectivity index is 1.88. The van der Waals surface area contributed by atoms with Crippen LogP contribution >= 0.6 is 47.1 Å². The van der Waals surface area contributed by atoms with E-state index in [2.05, 4.69) is 20.9 Å². The third kappa shape index (κ3) is 4.97. The first-order valence-electron chi connectivity index (χ1n) is 8.39. The highest BCUT2D eigenvalue weighted by Gasteiger charge is 2.24. The quantitative estimate of drug-likeness (QED) is 0.324. The van der Waals surface area contributed by atoms with Gasteiger partial charge in [-0.1, -0.05) is 39.7 Å². The molecule has 9 heteroatoms. The zero-order valence-corrected chi connectivity index (χ0v) is 18.9. The Kier molecular flexibility index (Phi) is 7.06. The molecule has 2 aromatic carbocycles. The molecule has 0 unspecified atom stereocenters. The van der Waals surface area contributed by atoms with Gasteiger partial charge < -0.3 is 9.05 Å². The number of hydrogen-bond donors (Lipinski definition) is 0. The van der Waals surface area contributed by atoms with Crippen LogP contribution in [0.1, 0.15) is 13.8 Å². The second-order valence-electron chi connectivity index (χ2n) is 5.60. The van der Waals surface area contributed by atoms with Crippen molar-refractivity contribution in [3.63, 3.8) is 0 Å². The monoisotopic (exact) mass is 488 g/mol. The first kappa shape index (κ1) is 20.9. The van der Waals surface area contributed by atoms with Crippen LogP contribution in [0.2, 0.25) is 5.02 Å². The highest BCUT2D eigenvalue weighted by molar-refractivity contribution is 9.10. The molecule has 0 aliphatic carbocycles. The van der Waals surface area contributed by atoms with Crippen LogP contribution in [0.3, 0.4) is 0 Å². The van der Waals surface area contributed by atoms with E-state index in [0.29, 0.717) is 18.2 Å². The van der Waals surface area contributed by atoms with E-state index >= 15 is 0 Å². The maximum Gasteiger partial charge on any atom is 0.342 e. The van der Waals surface area contributed by atoms with E-state index in [9.17, 15) is 4.57 Å². The molecule has 0 N–H and O–H groups in total. The zero-order chi connectivity index (χ0) is 19.4. The molecule has 1 aromatic heterocycles. The maximum absolute atomic E-state index is 12.6. The van der Waals surface area contributed by atoms with Crippen LogP contribution in [0.5, 0.6) is 0 Å². The summed E-state index contributed by atoms with van der Waals surface area (Å²) >= 11 is 11.3. The van der Waals surface area contributed by atoms with Crippen LogP contribution in [-0.2, 0) is 13.6 Å². The van der Waals surface area contributed by atoms with E-state index < -0.39 is 7.60 Å². The Morgan fingerprint density at radius 1 is 1.19 bits per heavy atom. The number of benzene rings is 2. The zero-order valence-electron chi connectivity index (χ0n) is 14.9. The summed E-state index contributed by atoms with van der Waals surface area (Å²) in [5, 5.41) is 0.630. The molecule has 0 aliphatic heterocycles. The molecule has 0 aliphatic rings. The van der Waals surface area contributed by atoms with Gasteiger partial charge in [-0.05, 0) is 55.6 Å². The van der Waals surface area contributed by atoms with Crippen molar-refractivity contribution in [1.82, 2.24) is 8.96 Å². The normalized spacial score (nSPS) is 12.0. The molecule has 144 valence electrons. The summed E-state index contributed by atoms with van der Waals surface area (Å²) in [6.45, 7) is 4.27. The van der Waals surface area contributed by atoms with Crippen LogP contribution < -0.4 is 0 Å². The molecule has 3 rings (SSSR count). The minimum absolute atomic E-state index is 0.201. The van der Waals surface area contributed by atoms with Crippen molar-refractivity contribution in [3.8, 4) is 11.1 Å². The smallest absolute Gasteiger partial charge is 0.308 e. The average Bonchev–Trinajstić information content (AvgIpc) is 3.02. The SMILES string of the molecule is CCOP(=O)(CSn1cnc2cc(-c3ccc(Br)cc3)c(Cl)cc21)OCC. The number of fused-ring (bicyclic) bond motifs is 1. The molecular weight excluding hydrogens is 471 g/mol. The molecule has 0 spiro atoms. The van der Waals surface area contributed by atoms with Crippen molar-refractivity contribution < 1.29 is 13.6 Å². The Morgan fingerprint density at radius 2 is 1.85 bits per heavy atom. The van der Waals surface area contributed by atoms with Gasteiger partial charge >= 0.3 is 7.60 Å². The minimum Gasteiger partial charge on any atom is -0.308 e. The first-order valence-corrected chi connectivity index (χ1v) is 12.2. The molecule has 5 nitrogen and oxygen atoms in total. The Hall–Kier alpha value is -0.820. The van der Waals surface area contributed by atoms with Crippen LogP contribution in [0.15, 0.2) is 47.2 Å². The average molecular weight is 490 g/mol. The van der Waals surface area contributed by atoms with Gasteiger partial charge in [0.15, 0.2) is 0 Å². The largest absolute Gasteiger partial charge is 0.342 e. The van der Waals surface area contributed by atoms with Crippen molar-refractivity contribution in [2.24, 2.45) is 0 Å². The molecule has 3 aromatic rings. The summed E-state index contributed by atoms with van der Waals surface area (Å²) in [4.78, 5) is 4.46. The second-order valence-corrected chi connectivity index (χ2v) is 10.3. The molecule has 0 radical (unpaired) electrons. The van der Waals surface area contributed by atoms with Gasteiger partial charge in [0.05, 0.1) is 29.3 Å². The molecular formula is C18H19BrClN2O3PS. The number of aromatic nitrogens is 2. The Morgan fingerprint density at radius 3 is 2.48 bits per heavy atom. The number of halogens is 2. The highest BCUT2D eigenvalue weighted by atomic mass is 79.9. The molecule has 0 fully saturated rings. The van der Waals surface area contributed by atoms with Crippen molar-refractivity contribution in [1.29, 1.82) is 0 Å². The van der Waals surface area contributed by atoms with Gasteiger partial charge in [0.1, 0.15) is 11.8 Å². The number of rotatable bonds is 8. The highest BCUT2D eigenvalue weighted by Crippen LogP contribution is 2.51. The van der Waals surface area contributed by atoms with Gasteiger partial charge in [0, 0.05) is 10.0 Å². The summed E-state index contributed by atoms with van der Waals surface area (Å²) in [5.74, 6) is 0. The summed E-state index contributed by atoms with van der Waals surface area (Å²) in [6, 6.07) is 11.8. The lowest BCUT2D eigenvalue weighted by Crippen LogP contribution is -1.99. The predicted molar refractivity (Wildman–Crippen MR) is 117 cm³/mol. The lowest BCUT2D eigenvalue weighted by atomic mass is 10.1. The molecule has 0 amide bonds. The fourth-order valence-corrected chi connectivity index (χ4v) is 6.05. The topological polar surface area (TPSA) is 53.4 Å². The number of hydrogen-bond acceptors (Lipinski definition) is 5. The van der Waals surface area contributed by atoms with Crippen molar-refractivity contribution in [2.75, 3.05) is 18.7 Å². The van der Waals surface area contributed by atoms with Gasteiger partial charge in [0.25, 0.3) is 0 Å². The standard InChI is InChI=1S/C18H19BrClN2O3PS/c1-3-24-26(23,25-4-2)12-27-22-11-21-17-9-15(16(20)10-18(17)22)13-5-7-14(19)8-6-13/h5-11H,3-4,12H2,1-2H3. The van der Waals surface area contributed by atoms with Gasteiger partial charge in [-0.25, -0.2) is 4.98 Å². The van der Waals surface area contributed by atoms with Crippen LogP contribution in [0.4, 0.5) is 0 Å². The van der Waals surface area contributed by atoms with Gasteiger partial charge in [0.2, 0.25) is 0 Å². The van der Waals surface area contributed by atoms with E-state index in [1.807, 2.05) is 40.4 Å². The van der Waals surface area contributed by atoms with E-state index in [4.69, 9.17) is 20.6 Å². The summed E-state index contributed by atoms with van der Waals surface area (Å²) in [7, 11) is -3.14. The van der Waals surface area contributed by atoms with E-state index in [-0.39, 0.29) is 5.49 Å². The molecule has 0 atom stereocenters. The lowest BCUT2D eigenvalue weighted by molar-refractivity contribution is 0.224. The maximum atomic E-state index is 12.6. The Bertz CT molecular complexity index is 971. The molecule has 0 saturated carbocycles. The van der Waals surface area contributed by atoms with Crippen LogP contribution in [-0.4, -0.2) is 27.7 Å². The summed E-state index contributed by atoms with van der Waals surface area (Å²) in [5.41, 5.74) is 3.80. The third-order valence-corrected chi connectivity index (χ3v) is 8.21. The van der Waals surface area contributed by atoms with Crippen molar-refractivity contribution in [3.05, 3.63) is 52.2 Å². The first-order chi connectivity index (χ1) is 13.0. The van der Waals surface area contributed by atoms with E-state index in [0.717, 1.165) is 26.6 Å². The van der Waals surface area contributed by atoms with Crippen LogP contribution in [0, 0.1) is 0 Å². The number of nitrogens with zero attached hydrogens (tertiary/aromatic N) is 2. The fraction of sp³-hybridized carbons (Fsp3) is 0.278. The summed E-state index contributed by atoms with van der Waals surface area (Å²) in [6.07, 6.45) is 1.69. The van der Waals surface area contributed by atoms with E-state index in [1.165, 1.54) is 11.9 Å². The molecule has 0 saturated heterocycles. The van der Waals surface area contributed by atoms with Crippen LogP contribution in [0.25, 0.3) is 22.2 Å². The lowest BCUT2D eigenvalue weighted by Gasteiger charge is -2.16. The third-order valence-electron chi connectivity index (χ3n) is 3.77. The predicted octanol–water partition coefficient (Wildman–Crippen LogP) is 6.84. The minimum atomic E-state index is -3.14. The fourth-order valence-electron chi connectivity index (χ4n) is 2.60. The summed E-state index contributed by atoms with van der Waals surface area (Å²) < 4.78 is 26.2. The Labute approximate surface area is 176 Å². The van der Waals surface area contributed by atoms with E-state index in [1.54, 1.807) is 20.2 Å². The van der Waals surface area contributed by atoms with Gasteiger partial charge in [-0.3, -0.25) is 8.54 Å². The van der Waals surface area contributed by atoms with Gasteiger partial charge in [-0.15, -0.1) is 0 Å². The molecule has 1 heterocycles. The van der Waals surface area contributed by atoms with Crippen molar-refractivity contribution >= 4 is 58.1 Å².